The average Bonchev–Trinajstić information content (AvgIpc) is 3.85. The zero-order valence-corrected chi connectivity index (χ0v) is 38.4. The van der Waals surface area contributed by atoms with Gasteiger partial charge < -0.3 is 28.0 Å². The topological polar surface area (TPSA) is 175 Å². The van der Waals surface area contributed by atoms with Crippen molar-refractivity contribution in [3.8, 4) is 17.6 Å². The molecule has 1 unspecified atom stereocenters. The molecular formula is C49H54N5O10P. The molecule has 16 heteroatoms. The van der Waals surface area contributed by atoms with E-state index in [2.05, 4.69) is 15.7 Å². The van der Waals surface area contributed by atoms with Crippen LogP contribution in [0.15, 0.2) is 119 Å². The summed E-state index contributed by atoms with van der Waals surface area (Å²) in [4.78, 5) is 58.5. The minimum Gasteiger partial charge on any atom is -0.497 e. The summed E-state index contributed by atoms with van der Waals surface area (Å²) >= 11 is 0. The molecule has 1 N–H and O–H groups in total. The molecule has 0 spiro atoms. The lowest BCUT2D eigenvalue weighted by Crippen LogP contribution is -2.51. The van der Waals surface area contributed by atoms with Crippen LogP contribution in [0.3, 0.4) is 0 Å². The van der Waals surface area contributed by atoms with E-state index in [1.807, 2.05) is 107 Å². The highest BCUT2D eigenvalue weighted by molar-refractivity contribution is 7.44. The van der Waals surface area contributed by atoms with Gasteiger partial charge in [-0.15, -0.1) is 0 Å². The molecule has 340 valence electrons. The first-order valence-electron chi connectivity index (χ1n) is 21.5. The molecule has 3 heterocycles. The molecule has 2 aliphatic rings. The number of fused-ring (bicyclic) bond motifs is 1. The van der Waals surface area contributed by atoms with Gasteiger partial charge in [0.1, 0.15) is 35.5 Å². The highest BCUT2D eigenvalue weighted by atomic mass is 31.2. The van der Waals surface area contributed by atoms with Crippen molar-refractivity contribution >= 4 is 20.3 Å². The fraction of sp³-hybridized carbons (Fsp3) is 0.367. The maximum Gasteiger partial charge on any atom is 0.330 e. The Labute approximate surface area is 379 Å². The van der Waals surface area contributed by atoms with Crippen molar-refractivity contribution in [2.75, 3.05) is 27.4 Å². The van der Waals surface area contributed by atoms with Crippen LogP contribution in [0, 0.1) is 18.3 Å². The van der Waals surface area contributed by atoms with Crippen LogP contribution in [-0.2, 0) is 24.1 Å². The van der Waals surface area contributed by atoms with E-state index in [-0.39, 0.29) is 54.8 Å². The number of H-pyrrole nitrogens is 1. The van der Waals surface area contributed by atoms with Gasteiger partial charge in [0.2, 0.25) is 0 Å². The molecule has 0 saturated carbocycles. The predicted molar refractivity (Wildman–Crippen MR) is 244 cm³/mol. The molecular weight excluding hydrogens is 850 g/mol. The summed E-state index contributed by atoms with van der Waals surface area (Å²) in [5, 5.41) is 9.58. The maximum atomic E-state index is 14.4. The number of hydrogen-bond donors (Lipinski definition) is 1. The number of methoxy groups -OCH3 is 2. The first-order valence-corrected chi connectivity index (χ1v) is 22.6. The number of benzene rings is 4. The number of ether oxygens (including phenoxy) is 4. The van der Waals surface area contributed by atoms with Crippen LogP contribution in [0.25, 0.3) is 0 Å². The van der Waals surface area contributed by atoms with Gasteiger partial charge in [-0.05, 0) is 87.7 Å². The number of aryl methyl sites for hydroxylation is 1. The van der Waals surface area contributed by atoms with E-state index in [4.69, 9.17) is 28.0 Å². The third kappa shape index (κ3) is 9.56. The molecule has 65 heavy (non-hydrogen) atoms. The molecule has 0 radical (unpaired) electrons. The first kappa shape index (κ1) is 47.0. The van der Waals surface area contributed by atoms with Gasteiger partial charge >= 0.3 is 5.69 Å². The van der Waals surface area contributed by atoms with E-state index < -0.39 is 61.7 Å². The summed E-state index contributed by atoms with van der Waals surface area (Å²) in [6, 6.07) is 32.4. The number of nitrogens with zero attached hydrogens (tertiary/aromatic N) is 4. The van der Waals surface area contributed by atoms with Gasteiger partial charge in [0, 0.05) is 30.3 Å². The Morgan fingerprint density at radius 1 is 0.815 bits per heavy atom. The van der Waals surface area contributed by atoms with Crippen molar-refractivity contribution in [3.63, 3.8) is 0 Å². The van der Waals surface area contributed by atoms with Gasteiger partial charge in [-0.25, -0.2) is 9.46 Å². The Kier molecular flexibility index (Phi) is 14.8. The van der Waals surface area contributed by atoms with E-state index in [9.17, 15) is 24.4 Å². The van der Waals surface area contributed by atoms with Gasteiger partial charge in [0.15, 0.2) is 0 Å². The van der Waals surface area contributed by atoms with Crippen molar-refractivity contribution in [2.45, 2.75) is 89.6 Å². The lowest BCUT2D eigenvalue weighted by atomic mass is 9.80. The zero-order valence-electron chi connectivity index (χ0n) is 37.5. The Morgan fingerprint density at radius 2 is 1.35 bits per heavy atom. The van der Waals surface area contributed by atoms with Crippen molar-refractivity contribution in [3.05, 3.63) is 164 Å². The van der Waals surface area contributed by atoms with E-state index >= 15 is 0 Å². The normalized spacial score (nSPS) is 18.3. The Morgan fingerprint density at radius 3 is 1.88 bits per heavy atom. The SMILES string of the molecule is COc1ccc(C(OC[C@@H](OP(OCCC#N)N(C(C)C)C(C)C)[C@H]2O[C@H](n3cc(C)c(=O)[nH]c3=O)C[C@H]2N2C(=O)c3ccccc3C2=O)(c2ccccc2)c2ccc(OC)cc2)cc1. The monoisotopic (exact) mass is 903 g/mol. The van der Waals surface area contributed by atoms with Crippen molar-refractivity contribution in [1.82, 2.24) is 19.1 Å². The second-order valence-corrected chi connectivity index (χ2v) is 17.8. The largest absolute Gasteiger partial charge is 0.497 e. The lowest BCUT2D eigenvalue weighted by Gasteiger charge is -2.41. The number of aromatic amines is 1. The highest BCUT2D eigenvalue weighted by Crippen LogP contribution is 2.51. The molecule has 7 rings (SSSR count). The smallest absolute Gasteiger partial charge is 0.330 e. The molecule has 4 aromatic carbocycles. The van der Waals surface area contributed by atoms with Gasteiger partial charge in [-0.3, -0.25) is 28.8 Å². The number of nitrogens with one attached hydrogen (secondary N) is 1. The van der Waals surface area contributed by atoms with Crippen molar-refractivity contribution < 1.29 is 37.6 Å². The van der Waals surface area contributed by atoms with Crippen LogP contribution in [0.5, 0.6) is 11.5 Å². The predicted octanol–water partition coefficient (Wildman–Crippen LogP) is 7.48. The molecule has 1 aromatic heterocycles. The molecule has 1 saturated heterocycles. The van der Waals surface area contributed by atoms with E-state index in [1.54, 1.807) is 45.4 Å². The Hall–Kier alpha value is -5.98. The lowest BCUT2D eigenvalue weighted by molar-refractivity contribution is -0.108. The summed E-state index contributed by atoms with van der Waals surface area (Å²) in [5.74, 6) is 0.221. The second kappa shape index (κ2) is 20.5. The first-order chi connectivity index (χ1) is 31.3. The standard InChI is InChI=1S/C49H54N5O10P/c1-31(2)54(32(3)4)65(62-27-13-26-50)64-42(30-61-49(34-14-9-8-10-15-34,35-18-22-37(59-6)23-19-35)36-20-24-38(60-7)25-21-36)44-41(53-46(56)39-16-11-12-17-40(39)47(53)57)28-43(63-44)52-29-33(5)45(55)51-48(52)58/h8-12,14-25,29,31-32,41-44H,13,27-28,30H2,1-7H3,(H,51,55,58)/t41-,42-,43+,44+,65?/m1/s1. The van der Waals surface area contributed by atoms with E-state index in [0.29, 0.717) is 11.5 Å². The third-order valence-electron chi connectivity index (χ3n) is 11.6. The van der Waals surface area contributed by atoms with Crippen LogP contribution < -0.4 is 20.7 Å². The van der Waals surface area contributed by atoms with Gasteiger partial charge in [-0.2, -0.15) is 5.26 Å². The van der Waals surface area contributed by atoms with E-state index in [1.165, 1.54) is 15.7 Å². The molecule has 0 aliphatic carbocycles. The summed E-state index contributed by atoms with van der Waals surface area (Å²) in [7, 11) is 1.20. The number of rotatable bonds is 19. The van der Waals surface area contributed by atoms with Gasteiger partial charge in [0.25, 0.3) is 25.9 Å². The fourth-order valence-corrected chi connectivity index (χ4v) is 10.3. The van der Waals surface area contributed by atoms with Crippen molar-refractivity contribution in [2.24, 2.45) is 0 Å². The molecule has 0 bridgehead atoms. The van der Waals surface area contributed by atoms with Crippen LogP contribution in [0.2, 0.25) is 0 Å². The van der Waals surface area contributed by atoms with E-state index in [0.717, 1.165) is 16.7 Å². The fourth-order valence-electron chi connectivity index (χ4n) is 8.62. The van der Waals surface area contributed by atoms with Crippen LogP contribution in [-0.4, -0.2) is 88.7 Å². The quantitative estimate of drug-likeness (QED) is 0.0375. The summed E-state index contributed by atoms with van der Waals surface area (Å²) < 4.78 is 42.5. The molecule has 1 fully saturated rings. The van der Waals surface area contributed by atoms with Crippen LogP contribution in [0.4, 0.5) is 0 Å². The Balaban J connectivity index is 1.43. The van der Waals surface area contributed by atoms with Crippen LogP contribution >= 0.6 is 8.53 Å². The maximum absolute atomic E-state index is 14.4. The molecule has 5 aromatic rings. The number of imide groups is 1. The van der Waals surface area contributed by atoms with Crippen molar-refractivity contribution in [1.29, 1.82) is 5.26 Å². The average molecular weight is 904 g/mol. The highest BCUT2D eigenvalue weighted by Gasteiger charge is 2.53. The number of aromatic nitrogens is 2. The Bertz CT molecular complexity index is 2520. The second-order valence-electron chi connectivity index (χ2n) is 16.4. The van der Waals surface area contributed by atoms with Crippen LogP contribution in [0.1, 0.15) is 89.7 Å². The molecule has 2 aliphatic heterocycles. The zero-order chi connectivity index (χ0) is 46.4. The van der Waals surface area contributed by atoms with Gasteiger partial charge in [0.05, 0.1) is 57.1 Å². The number of nitriles is 1. The summed E-state index contributed by atoms with van der Waals surface area (Å²) in [5.41, 5.74) is 0.368. The number of amides is 2. The number of carbonyl (C=O) groups excluding carboxylic acids is 2. The third-order valence-corrected chi connectivity index (χ3v) is 13.8. The number of carbonyl (C=O) groups is 2. The van der Waals surface area contributed by atoms with Gasteiger partial charge in [-0.1, -0.05) is 66.7 Å². The summed E-state index contributed by atoms with van der Waals surface area (Å²) in [6.45, 7) is 9.46. The minimum absolute atomic E-state index is 0.0343. The molecule has 15 nitrogen and oxygen atoms in total. The summed E-state index contributed by atoms with van der Waals surface area (Å²) in [6.07, 6.45) is -1.87. The molecule has 2 amide bonds. The molecule has 5 atom stereocenters. The minimum atomic E-state index is -1.99. The number of hydrogen-bond acceptors (Lipinski definition) is 12.